The Morgan fingerprint density at radius 2 is 2.07 bits per heavy atom. The Morgan fingerprint density at radius 1 is 1.50 bits per heavy atom. The van der Waals surface area contributed by atoms with Gasteiger partial charge in [0.1, 0.15) is 0 Å². The van der Waals surface area contributed by atoms with Gasteiger partial charge < -0.3 is 14.9 Å². The number of hydrogen-bond acceptors (Lipinski definition) is 2. The number of carboxylic acids is 1. The molecule has 0 aromatic rings. The third-order valence-corrected chi connectivity index (χ3v) is 2.44. The van der Waals surface area contributed by atoms with Crippen molar-refractivity contribution in [2.24, 2.45) is 5.92 Å². The van der Waals surface area contributed by atoms with Crippen molar-refractivity contribution in [1.82, 2.24) is 0 Å². The van der Waals surface area contributed by atoms with Crippen molar-refractivity contribution in [3.8, 4) is 0 Å². The van der Waals surface area contributed by atoms with Gasteiger partial charge in [-0.1, -0.05) is 25.5 Å². The lowest BCUT2D eigenvalue weighted by molar-refractivity contribution is -0.139. The minimum atomic E-state index is -4.26. The molecule has 0 aliphatic heterocycles. The largest absolute Gasteiger partial charge is 0.481 e. The molecule has 1 unspecified atom stereocenters. The molecule has 0 radical (unpaired) electrons. The van der Waals surface area contributed by atoms with Crippen LogP contribution in [0.5, 0.6) is 0 Å². The van der Waals surface area contributed by atoms with Crippen molar-refractivity contribution in [2.45, 2.75) is 19.8 Å². The second kappa shape index (κ2) is 5.96. The summed E-state index contributed by atoms with van der Waals surface area (Å²) in [6, 6.07) is 0. The van der Waals surface area contributed by atoms with E-state index >= 15 is 0 Å². The predicted molar refractivity (Wildman–Crippen MR) is 52.1 cm³/mol. The topological polar surface area (TPSA) is 94.8 Å². The monoisotopic (exact) mass is 222 g/mol. The standard InChI is InChI=1S/C8H15O5P/c1-2-3-4-5-7(8(9)10)6-14(11,12)13/h4-5,7H,2-3,6H2,1H3,(H,9,10)(H2,11,12,13). The molecule has 82 valence electrons. The summed E-state index contributed by atoms with van der Waals surface area (Å²) >= 11 is 0. The van der Waals surface area contributed by atoms with Gasteiger partial charge >= 0.3 is 13.6 Å². The Kier molecular flexibility index (Phi) is 5.69. The molecule has 0 fully saturated rings. The van der Waals surface area contributed by atoms with Crippen molar-refractivity contribution in [3.63, 3.8) is 0 Å². The highest BCUT2D eigenvalue weighted by Gasteiger charge is 2.24. The van der Waals surface area contributed by atoms with E-state index in [0.29, 0.717) is 6.42 Å². The highest BCUT2D eigenvalue weighted by atomic mass is 31.2. The van der Waals surface area contributed by atoms with Crippen LogP contribution in [0, 0.1) is 5.92 Å². The van der Waals surface area contributed by atoms with E-state index in [9.17, 15) is 9.36 Å². The second-order valence-electron chi connectivity index (χ2n) is 3.01. The predicted octanol–water partition coefficient (Wildman–Crippen LogP) is 1.22. The van der Waals surface area contributed by atoms with Crippen LogP contribution < -0.4 is 0 Å². The van der Waals surface area contributed by atoms with Gasteiger partial charge in [0.05, 0.1) is 12.1 Å². The van der Waals surface area contributed by atoms with Crippen molar-refractivity contribution in [3.05, 3.63) is 12.2 Å². The molecule has 5 nitrogen and oxygen atoms in total. The maximum atomic E-state index is 10.6. The van der Waals surface area contributed by atoms with Crippen molar-refractivity contribution in [2.75, 3.05) is 6.16 Å². The quantitative estimate of drug-likeness (QED) is 0.464. The smallest absolute Gasteiger partial charge is 0.326 e. The Balaban J connectivity index is 4.31. The summed E-state index contributed by atoms with van der Waals surface area (Å²) in [5.74, 6) is -2.30. The normalized spacial score (nSPS) is 14.5. The fourth-order valence-corrected chi connectivity index (χ4v) is 1.70. The molecule has 0 saturated carbocycles. The number of aliphatic carboxylic acids is 1. The van der Waals surface area contributed by atoms with Gasteiger partial charge in [-0.25, -0.2) is 0 Å². The van der Waals surface area contributed by atoms with E-state index in [1.807, 2.05) is 6.92 Å². The lowest BCUT2D eigenvalue weighted by atomic mass is 10.1. The zero-order valence-corrected chi connectivity index (χ0v) is 8.85. The third kappa shape index (κ3) is 6.83. The second-order valence-corrected chi connectivity index (χ2v) is 4.70. The van der Waals surface area contributed by atoms with Crippen LogP contribution in [0.2, 0.25) is 0 Å². The summed E-state index contributed by atoms with van der Waals surface area (Å²) in [5.41, 5.74) is 0. The van der Waals surface area contributed by atoms with Gasteiger partial charge in [-0.2, -0.15) is 0 Å². The third-order valence-electron chi connectivity index (χ3n) is 1.58. The first kappa shape index (κ1) is 13.4. The number of hydrogen-bond donors (Lipinski definition) is 3. The van der Waals surface area contributed by atoms with Gasteiger partial charge in [0.15, 0.2) is 0 Å². The number of carbonyl (C=O) groups is 1. The van der Waals surface area contributed by atoms with Crippen molar-refractivity contribution in [1.29, 1.82) is 0 Å². The van der Waals surface area contributed by atoms with Gasteiger partial charge in [0, 0.05) is 0 Å². The lowest BCUT2D eigenvalue weighted by Crippen LogP contribution is -2.15. The summed E-state index contributed by atoms with van der Waals surface area (Å²) in [6.45, 7) is 1.93. The van der Waals surface area contributed by atoms with Crippen molar-refractivity contribution >= 4 is 13.6 Å². The zero-order valence-electron chi connectivity index (χ0n) is 7.96. The molecule has 0 rings (SSSR count). The molecular weight excluding hydrogens is 207 g/mol. The van der Waals surface area contributed by atoms with Gasteiger partial charge in [-0.05, 0) is 6.42 Å². The first-order chi connectivity index (χ1) is 6.37. The first-order valence-electron chi connectivity index (χ1n) is 4.31. The van der Waals surface area contributed by atoms with E-state index in [2.05, 4.69) is 0 Å². The molecule has 0 heterocycles. The fraction of sp³-hybridized carbons (Fsp3) is 0.625. The summed E-state index contributed by atoms with van der Waals surface area (Å²) in [4.78, 5) is 27.8. The van der Waals surface area contributed by atoms with E-state index in [0.717, 1.165) is 6.42 Å². The Morgan fingerprint density at radius 3 is 2.43 bits per heavy atom. The van der Waals surface area contributed by atoms with Crippen LogP contribution in [0.25, 0.3) is 0 Å². The number of unbranched alkanes of at least 4 members (excludes halogenated alkanes) is 1. The molecule has 0 aliphatic rings. The Labute approximate surface area is 82.6 Å². The molecule has 0 spiro atoms. The molecule has 0 amide bonds. The number of allylic oxidation sites excluding steroid dienone is 1. The molecule has 6 heteroatoms. The average molecular weight is 222 g/mol. The van der Waals surface area contributed by atoms with E-state index in [-0.39, 0.29) is 0 Å². The van der Waals surface area contributed by atoms with Gasteiger partial charge in [0.25, 0.3) is 0 Å². The van der Waals surface area contributed by atoms with Crippen LogP contribution in [-0.2, 0) is 9.36 Å². The summed E-state index contributed by atoms with van der Waals surface area (Å²) in [6.07, 6.45) is 3.92. The first-order valence-corrected chi connectivity index (χ1v) is 6.10. The van der Waals surface area contributed by atoms with Crippen LogP contribution in [0.3, 0.4) is 0 Å². The van der Waals surface area contributed by atoms with E-state index in [1.165, 1.54) is 6.08 Å². The highest BCUT2D eigenvalue weighted by Crippen LogP contribution is 2.37. The van der Waals surface area contributed by atoms with E-state index < -0.39 is 25.6 Å². The highest BCUT2D eigenvalue weighted by molar-refractivity contribution is 7.51. The fourth-order valence-electron chi connectivity index (χ4n) is 0.905. The average Bonchev–Trinajstić information content (AvgIpc) is 2.00. The van der Waals surface area contributed by atoms with Gasteiger partial charge in [-0.3, -0.25) is 9.36 Å². The van der Waals surface area contributed by atoms with Crippen LogP contribution in [0.1, 0.15) is 19.8 Å². The lowest BCUT2D eigenvalue weighted by Gasteiger charge is -2.08. The molecule has 1 atom stereocenters. The summed E-state index contributed by atoms with van der Waals surface area (Å²) in [5, 5.41) is 8.64. The molecule has 0 aromatic carbocycles. The zero-order chi connectivity index (χ0) is 11.2. The summed E-state index contributed by atoms with van der Waals surface area (Å²) in [7, 11) is -4.26. The maximum Gasteiger partial charge on any atom is 0.326 e. The van der Waals surface area contributed by atoms with Crippen LogP contribution in [0.4, 0.5) is 0 Å². The molecular formula is C8H15O5P. The molecule has 0 bridgehead atoms. The SMILES string of the molecule is CCCC=CC(CP(=O)(O)O)C(=O)O. The van der Waals surface area contributed by atoms with Gasteiger partial charge in [0.2, 0.25) is 0 Å². The molecule has 14 heavy (non-hydrogen) atoms. The molecule has 3 N–H and O–H groups in total. The van der Waals surface area contributed by atoms with Crippen molar-refractivity contribution < 1.29 is 24.3 Å². The Bertz CT molecular complexity index is 254. The number of carboxylic acid groups (broad SMARTS) is 1. The number of rotatable bonds is 6. The Hall–Kier alpha value is -0.640. The van der Waals surface area contributed by atoms with Crippen LogP contribution >= 0.6 is 7.60 Å². The van der Waals surface area contributed by atoms with Crippen LogP contribution in [-0.4, -0.2) is 27.0 Å². The minimum Gasteiger partial charge on any atom is -0.481 e. The van der Waals surface area contributed by atoms with Crippen LogP contribution in [0.15, 0.2) is 12.2 Å². The summed E-state index contributed by atoms with van der Waals surface area (Å²) < 4.78 is 10.6. The van der Waals surface area contributed by atoms with E-state index in [4.69, 9.17) is 14.9 Å². The maximum absolute atomic E-state index is 10.6. The van der Waals surface area contributed by atoms with E-state index in [1.54, 1.807) is 6.08 Å². The minimum absolute atomic E-state index is 0.636. The molecule has 0 aromatic heterocycles. The molecule has 0 aliphatic carbocycles. The molecule has 0 saturated heterocycles. The van der Waals surface area contributed by atoms with Gasteiger partial charge in [-0.15, -0.1) is 0 Å².